The normalized spacial score (nSPS) is 21.4. The van der Waals surface area contributed by atoms with Gasteiger partial charge in [0.1, 0.15) is 0 Å². The number of rotatable bonds is 5. The van der Waals surface area contributed by atoms with E-state index in [2.05, 4.69) is 51.7 Å². The fraction of sp³-hybridized carbons (Fsp3) is 0.500. The van der Waals surface area contributed by atoms with Crippen LogP contribution in [0.25, 0.3) is 5.57 Å². The molecule has 0 spiro atoms. The highest BCUT2D eigenvalue weighted by Gasteiger charge is 2.19. The highest BCUT2D eigenvalue weighted by atomic mass is 32.1. The largest absolute Gasteiger partial charge is 0.376 e. The van der Waals surface area contributed by atoms with Gasteiger partial charge in [-0.15, -0.1) is 0 Å². The first-order valence-corrected chi connectivity index (χ1v) is 9.29. The van der Waals surface area contributed by atoms with Gasteiger partial charge >= 0.3 is 0 Å². The lowest BCUT2D eigenvalue weighted by Crippen LogP contribution is -2.31. The SMILES string of the molecule is S=c1n(CC2CCCO2)nnn1CN1CC=C(c2ccccc2)CC1. The van der Waals surface area contributed by atoms with Crippen molar-refractivity contribution in [3.05, 3.63) is 46.7 Å². The molecule has 1 atom stereocenters. The van der Waals surface area contributed by atoms with E-state index < -0.39 is 0 Å². The first kappa shape index (κ1) is 16.6. The van der Waals surface area contributed by atoms with Gasteiger partial charge in [-0.3, -0.25) is 4.90 Å². The smallest absolute Gasteiger partial charge is 0.217 e. The topological polar surface area (TPSA) is 48.1 Å². The molecule has 6 nitrogen and oxygen atoms in total. The highest BCUT2D eigenvalue weighted by Crippen LogP contribution is 2.22. The Balaban J connectivity index is 1.38. The minimum atomic E-state index is 0.225. The molecule has 0 N–H and O–H groups in total. The first-order chi connectivity index (χ1) is 12.3. The van der Waals surface area contributed by atoms with Crippen LogP contribution in [0.5, 0.6) is 0 Å². The molecule has 0 bridgehead atoms. The number of tetrazole rings is 1. The molecule has 1 aromatic heterocycles. The van der Waals surface area contributed by atoms with E-state index in [1.807, 2.05) is 4.68 Å². The van der Waals surface area contributed by atoms with Gasteiger partial charge in [0, 0.05) is 19.7 Å². The standard InChI is InChI=1S/C18H23N5OS/c25-18-22(13-17-7-4-12-24-17)19-20-23(18)14-21-10-8-16(9-11-21)15-5-2-1-3-6-15/h1-3,5-6,8,17H,4,7,9-14H2. The molecule has 4 rings (SSSR count). The van der Waals surface area contributed by atoms with Crippen LogP contribution >= 0.6 is 12.2 Å². The molecule has 0 saturated carbocycles. The summed E-state index contributed by atoms with van der Waals surface area (Å²) in [6.45, 7) is 4.14. The van der Waals surface area contributed by atoms with Crippen LogP contribution in [-0.2, 0) is 18.0 Å². The monoisotopic (exact) mass is 357 g/mol. The van der Waals surface area contributed by atoms with E-state index in [-0.39, 0.29) is 6.10 Å². The zero-order valence-corrected chi connectivity index (χ0v) is 15.1. The summed E-state index contributed by atoms with van der Waals surface area (Å²) >= 11 is 5.53. The van der Waals surface area contributed by atoms with Crippen LogP contribution in [-0.4, -0.2) is 50.5 Å². The van der Waals surface area contributed by atoms with Gasteiger partial charge in [0.2, 0.25) is 4.77 Å². The van der Waals surface area contributed by atoms with Crippen molar-refractivity contribution in [3.63, 3.8) is 0 Å². The predicted octanol–water partition coefficient (Wildman–Crippen LogP) is 2.73. The lowest BCUT2D eigenvalue weighted by atomic mass is 10.00. The second-order valence-electron chi connectivity index (χ2n) is 6.64. The molecule has 2 aliphatic heterocycles. The molecular formula is C18H23N5OS. The van der Waals surface area contributed by atoms with E-state index >= 15 is 0 Å². The van der Waals surface area contributed by atoms with Gasteiger partial charge in [0.25, 0.3) is 0 Å². The molecule has 1 aromatic carbocycles. The van der Waals surface area contributed by atoms with Gasteiger partial charge in [-0.25, -0.2) is 9.36 Å². The third-order valence-corrected chi connectivity index (χ3v) is 5.29. The Labute approximate surface area is 152 Å². The van der Waals surface area contributed by atoms with Gasteiger partial charge in [-0.2, -0.15) is 0 Å². The molecule has 1 fully saturated rings. The number of hydrogen-bond acceptors (Lipinski definition) is 5. The van der Waals surface area contributed by atoms with Crippen molar-refractivity contribution in [1.29, 1.82) is 0 Å². The molecule has 0 radical (unpaired) electrons. The van der Waals surface area contributed by atoms with E-state index in [4.69, 9.17) is 17.0 Å². The molecule has 0 aliphatic carbocycles. The summed E-state index contributed by atoms with van der Waals surface area (Å²) in [5, 5.41) is 8.45. The Morgan fingerprint density at radius 2 is 2.00 bits per heavy atom. The number of hydrogen-bond donors (Lipinski definition) is 0. The Bertz CT molecular complexity index is 791. The number of benzene rings is 1. The molecular weight excluding hydrogens is 334 g/mol. The lowest BCUT2D eigenvalue weighted by Gasteiger charge is -2.25. The van der Waals surface area contributed by atoms with Gasteiger partial charge < -0.3 is 4.74 Å². The summed E-state index contributed by atoms with van der Waals surface area (Å²) in [4.78, 5) is 2.34. The second kappa shape index (κ2) is 7.59. The van der Waals surface area contributed by atoms with Gasteiger partial charge in [0.15, 0.2) is 0 Å². The van der Waals surface area contributed by atoms with Crippen molar-refractivity contribution in [1.82, 2.24) is 24.7 Å². The molecule has 1 saturated heterocycles. The Morgan fingerprint density at radius 1 is 1.16 bits per heavy atom. The van der Waals surface area contributed by atoms with E-state index in [9.17, 15) is 0 Å². The van der Waals surface area contributed by atoms with Crippen molar-refractivity contribution in [2.24, 2.45) is 0 Å². The summed E-state index contributed by atoms with van der Waals surface area (Å²) in [6.07, 6.45) is 5.77. The molecule has 0 amide bonds. The molecule has 7 heteroatoms. The van der Waals surface area contributed by atoms with Crippen LogP contribution in [0, 0.1) is 4.77 Å². The molecule has 1 unspecified atom stereocenters. The fourth-order valence-corrected chi connectivity index (χ4v) is 3.64. The first-order valence-electron chi connectivity index (χ1n) is 8.88. The Morgan fingerprint density at radius 3 is 2.72 bits per heavy atom. The molecule has 25 heavy (non-hydrogen) atoms. The van der Waals surface area contributed by atoms with Crippen LogP contribution in [0.2, 0.25) is 0 Å². The van der Waals surface area contributed by atoms with Crippen molar-refractivity contribution < 1.29 is 4.74 Å². The zero-order valence-electron chi connectivity index (χ0n) is 14.3. The van der Waals surface area contributed by atoms with Gasteiger partial charge in [-0.05, 0) is 53.0 Å². The maximum atomic E-state index is 5.66. The van der Waals surface area contributed by atoms with Crippen molar-refractivity contribution in [2.75, 3.05) is 19.7 Å². The summed E-state index contributed by atoms with van der Waals surface area (Å²) in [7, 11) is 0. The van der Waals surface area contributed by atoms with E-state index in [0.717, 1.165) is 39.0 Å². The average Bonchev–Trinajstić information content (AvgIpc) is 3.29. The minimum absolute atomic E-state index is 0.225. The molecule has 3 heterocycles. The quantitative estimate of drug-likeness (QED) is 0.770. The maximum Gasteiger partial charge on any atom is 0.217 e. The number of ether oxygens (including phenoxy) is 1. The summed E-state index contributed by atoms with van der Waals surface area (Å²) in [5.41, 5.74) is 2.74. The van der Waals surface area contributed by atoms with E-state index in [0.29, 0.717) is 18.0 Å². The van der Waals surface area contributed by atoms with Gasteiger partial charge in [0.05, 0.1) is 19.3 Å². The highest BCUT2D eigenvalue weighted by molar-refractivity contribution is 7.71. The predicted molar refractivity (Wildman–Crippen MR) is 98.4 cm³/mol. The van der Waals surface area contributed by atoms with Crippen LogP contribution in [0.4, 0.5) is 0 Å². The average molecular weight is 357 g/mol. The molecule has 2 aliphatic rings. The summed E-state index contributed by atoms with van der Waals surface area (Å²) in [6, 6.07) is 10.6. The third kappa shape index (κ3) is 3.89. The van der Waals surface area contributed by atoms with Gasteiger partial charge in [-0.1, -0.05) is 36.4 Å². The van der Waals surface area contributed by atoms with E-state index in [1.54, 1.807) is 4.68 Å². The number of nitrogens with zero attached hydrogens (tertiary/aromatic N) is 5. The molecule has 2 aromatic rings. The van der Waals surface area contributed by atoms with Crippen molar-refractivity contribution in [2.45, 2.75) is 38.6 Å². The summed E-state index contributed by atoms with van der Waals surface area (Å²) < 4.78 is 9.94. The van der Waals surface area contributed by atoms with Crippen LogP contribution in [0.15, 0.2) is 36.4 Å². The molecule has 132 valence electrons. The van der Waals surface area contributed by atoms with Crippen LogP contribution in [0.1, 0.15) is 24.8 Å². The summed E-state index contributed by atoms with van der Waals surface area (Å²) in [5.74, 6) is 0. The minimum Gasteiger partial charge on any atom is -0.376 e. The van der Waals surface area contributed by atoms with Crippen molar-refractivity contribution >= 4 is 17.8 Å². The zero-order chi connectivity index (χ0) is 17.1. The van der Waals surface area contributed by atoms with Crippen LogP contribution in [0.3, 0.4) is 0 Å². The third-order valence-electron chi connectivity index (χ3n) is 4.87. The fourth-order valence-electron chi connectivity index (χ4n) is 3.43. The maximum absolute atomic E-state index is 5.66. The van der Waals surface area contributed by atoms with Crippen LogP contribution < -0.4 is 0 Å². The second-order valence-corrected chi connectivity index (χ2v) is 7.01. The van der Waals surface area contributed by atoms with Crippen molar-refractivity contribution in [3.8, 4) is 0 Å². The Kier molecular flexibility index (Phi) is 5.05. The van der Waals surface area contributed by atoms with E-state index in [1.165, 1.54) is 11.1 Å². The number of aromatic nitrogens is 4. The Hall–Kier alpha value is -1.83. The lowest BCUT2D eigenvalue weighted by molar-refractivity contribution is 0.0930.